The Balaban J connectivity index is 1.91. The zero-order valence-corrected chi connectivity index (χ0v) is 16.8. The Morgan fingerprint density at radius 1 is 1.07 bits per heavy atom. The molecule has 0 amide bonds. The maximum absolute atomic E-state index is 14.0. The number of nitrogens with zero attached hydrogens (tertiary/aromatic N) is 2. The largest absolute Gasteiger partial charge is 0.497 e. The first-order chi connectivity index (χ1) is 14.3. The standard InChI is InChI=1S/C22H23F3N2O3/c1-13(28)21-11-19(22(24)25)26-27(21)20-9-6-16(23)10-18(20)14(2)30-12-15-4-7-17(29-3)8-5-15/h4-11,13-14,22,28H,12H2,1-3H3/t13?,14-/m1/s1. The van der Waals surface area contributed by atoms with Gasteiger partial charge in [0.25, 0.3) is 6.43 Å². The van der Waals surface area contributed by atoms with Crippen molar-refractivity contribution in [2.75, 3.05) is 7.11 Å². The fourth-order valence-electron chi connectivity index (χ4n) is 3.09. The summed E-state index contributed by atoms with van der Waals surface area (Å²) < 4.78 is 52.6. The van der Waals surface area contributed by atoms with E-state index in [1.807, 2.05) is 24.3 Å². The summed E-state index contributed by atoms with van der Waals surface area (Å²) in [4.78, 5) is 0. The lowest BCUT2D eigenvalue weighted by Gasteiger charge is -2.19. The van der Waals surface area contributed by atoms with E-state index in [-0.39, 0.29) is 12.3 Å². The second-order valence-corrected chi connectivity index (χ2v) is 6.89. The normalized spacial score (nSPS) is 13.5. The first kappa shape index (κ1) is 21.9. The first-order valence-electron chi connectivity index (χ1n) is 9.40. The van der Waals surface area contributed by atoms with Crippen LogP contribution < -0.4 is 4.74 Å². The van der Waals surface area contributed by atoms with Gasteiger partial charge in [-0.3, -0.25) is 0 Å². The summed E-state index contributed by atoms with van der Waals surface area (Å²) in [6.07, 6.45) is -4.41. The molecule has 0 saturated carbocycles. The molecule has 30 heavy (non-hydrogen) atoms. The fraction of sp³-hybridized carbons (Fsp3) is 0.318. The molecule has 3 rings (SSSR count). The number of aliphatic hydroxyl groups is 1. The molecule has 1 N–H and O–H groups in total. The molecule has 2 atom stereocenters. The highest BCUT2D eigenvalue weighted by molar-refractivity contribution is 5.44. The fourth-order valence-corrected chi connectivity index (χ4v) is 3.09. The molecule has 5 nitrogen and oxygen atoms in total. The highest BCUT2D eigenvalue weighted by Gasteiger charge is 2.22. The summed E-state index contributed by atoms with van der Waals surface area (Å²) >= 11 is 0. The third kappa shape index (κ3) is 4.83. The molecule has 1 aromatic heterocycles. The van der Waals surface area contributed by atoms with E-state index >= 15 is 0 Å². The minimum absolute atomic E-state index is 0.181. The average Bonchev–Trinajstić information content (AvgIpc) is 3.18. The smallest absolute Gasteiger partial charge is 0.282 e. The molecule has 2 aromatic carbocycles. The van der Waals surface area contributed by atoms with Crippen LogP contribution in [0.4, 0.5) is 13.2 Å². The SMILES string of the molecule is COc1ccc(CO[C@H](C)c2cc(F)ccc2-n2nc(C(F)F)cc2C(C)O)cc1. The Morgan fingerprint density at radius 3 is 2.37 bits per heavy atom. The molecule has 0 fully saturated rings. The second kappa shape index (κ2) is 9.32. The van der Waals surface area contributed by atoms with Crippen LogP contribution in [0.2, 0.25) is 0 Å². The van der Waals surface area contributed by atoms with Crippen molar-refractivity contribution >= 4 is 0 Å². The van der Waals surface area contributed by atoms with Gasteiger partial charge in [-0.15, -0.1) is 0 Å². The van der Waals surface area contributed by atoms with Gasteiger partial charge in [0.1, 0.15) is 17.3 Å². The topological polar surface area (TPSA) is 56.5 Å². The van der Waals surface area contributed by atoms with Gasteiger partial charge in [0.15, 0.2) is 0 Å². The van der Waals surface area contributed by atoms with Gasteiger partial charge < -0.3 is 14.6 Å². The number of alkyl halides is 2. The predicted octanol–water partition coefficient (Wildman–Crippen LogP) is 5.29. The predicted molar refractivity (Wildman–Crippen MR) is 105 cm³/mol. The van der Waals surface area contributed by atoms with Crippen LogP contribution in [0.1, 0.15) is 55.0 Å². The highest BCUT2D eigenvalue weighted by atomic mass is 19.3. The van der Waals surface area contributed by atoms with Gasteiger partial charge in [0, 0.05) is 5.56 Å². The minimum Gasteiger partial charge on any atom is -0.497 e. The summed E-state index contributed by atoms with van der Waals surface area (Å²) in [7, 11) is 1.58. The van der Waals surface area contributed by atoms with Gasteiger partial charge in [-0.1, -0.05) is 12.1 Å². The van der Waals surface area contributed by atoms with Crippen LogP contribution in [0.25, 0.3) is 5.69 Å². The molecule has 1 heterocycles. The lowest BCUT2D eigenvalue weighted by atomic mass is 10.1. The molecule has 8 heteroatoms. The molecule has 0 aliphatic rings. The number of methoxy groups -OCH3 is 1. The molecule has 0 aliphatic heterocycles. The van der Waals surface area contributed by atoms with Gasteiger partial charge in [0.05, 0.1) is 37.3 Å². The van der Waals surface area contributed by atoms with E-state index in [2.05, 4.69) is 5.10 Å². The van der Waals surface area contributed by atoms with Crippen LogP contribution in [0, 0.1) is 5.82 Å². The Hall–Kier alpha value is -2.84. The van der Waals surface area contributed by atoms with Gasteiger partial charge in [-0.2, -0.15) is 5.10 Å². The van der Waals surface area contributed by atoms with Crippen molar-refractivity contribution < 1.29 is 27.8 Å². The third-order valence-electron chi connectivity index (χ3n) is 4.72. The summed E-state index contributed by atoms with van der Waals surface area (Å²) in [5.74, 6) is 0.229. The number of rotatable bonds is 8. The van der Waals surface area contributed by atoms with Crippen LogP contribution in [0.5, 0.6) is 5.75 Å². The Morgan fingerprint density at radius 2 is 1.77 bits per heavy atom. The quantitative estimate of drug-likeness (QED) is 0.538. The summed E-state index contributed by atoms with van der Waals surface area (Å²) in [6, 6.07) is 12.4. The maximum atomic E-state index is 14.0. The van der Waals surface area contributed by atoms with Crippen molar-refractivity contribution in [1.82, 2.24) is 9.78 Å². The number of aliphatic hydroxyl groups excluding tert-OH is 1. The van der Waals surface area contributed by atoms with Crippen molar-refractivity contribution in [3.05, 3.63) is 76.9 Å². The molecule has 0 aliphatic carbocycles. The van der Waals surface area contributed by atoms with Crippen LogP contribution in [0.15, 0.2) is 48.5 Å². The van der Waals surface area contributed by atoms with E-state index in [0.29, 0.717) is 11.3 Å². The van der Waals surface area contributed by atoms with Gasteiger partial charge in [0.2, 0.25) is 0 Å². The Labute approximate surface area is 172 Å². The zero-order valence-electron chi connectivity index (χ0n) is 16.8. The van der Waals surface area contributed by atoms with Crippen LogP contribution in [-0.4, -0.2) is 22.0 Å². The Bertz CT molecular complexity index is 988. The number of benzene rings is 2. The molecule has 0 radical (unpaired) electrons. The van der Waals surface area contributed by atoms with E-state index < -0.39 is 30.1 Å². The second-order valence-electron chi connectivity index (χ2n) is 6.89. The summed E-state index contributed by atoms with van der Waals surface area (Å²) in [6.45, 7) is 3.45. The van der Waals surface area contributed by atoms with E-state index in [0.717, 1.165) is 17.4 Å². The highest BCUT2D eigenvalue weighted by Crippen LogP contribution is 2.30. The van der Waals surface area contributed by atoms with E-state index in [1.165, 1.54) is 29.8 Å². The molecular formula is C22H23F3N2O3. The van der Waals surface area contributed by atoms with E-state index in [9.17, 15) is 18.3 Å². The molecule has 3 aromatic rings. The third-order valence-corrected chi connectivity index (χ3v) is 4.72. The number of halogens is 3. The number of hydrogen-bond acceptors (Lipinski definition) is 4. The minimum atomic E-state index is -2.80. The van der Waals surface area contributed by atoms with Crippen molar-refractivity contribution in [2.24, 2.45) is 0 Å². The maximum Gasteiger partial charge on any atom is 0.282 e. The molecule has 0 bridgehead atoms. The molecule has 0 spiro atoms. The van der Waals surface area contributed by atoms with Crippen LogP contribution >= 0.6 is 0 Å². The summed E-state index contributed by atoms with van der Waals surface area (Å²) in [5, 5.41) is 13.9. The van der Waals surface area contributed by atoms with Gasteiger partial charge >= 0.3 is 0 Å². The zero-order chi connectivity index (χ0) is 21.8. The average molecular weight is 420 g/mol. The monoisotopic (exact) mass is 420 g/mol. The van der Waals surface area contributed by atoms with E-state index in [4.69, 9.17) is 9.47 Å². The lowest BCUT2D eigenvalue weighted by molar-refractivity contribution is 0.0521. The number of hydrogen-bond donors (Lipinski definition) is 1. The van der Waals surface area contributed by atoms with Gasteiger partial charge in [-0.25, -0.2) is 17.9 Å². The molecular weight excluding hydrogens is 397 g/mol. The molecule has 0 saturated heterocycles. The first-order valence-corrected chi connectivity index (χ1v) is 9.40. The van der Waals surface area contributed by atoms with Crippen LogP contribution in [0.3, 0.4) is 0 Å². The van der Waals surface area contributed by atoms with E-state index in [1.54, 1.807) is 14.0 Å². The molecule has 160 valence electrons. The van der Waals surface area contributed by atoms with Crippen molar-refractivity contribution in [3.8, 4) is 11.4 Å². The van der Waals surface area contributed by atoms with Crippen molar-refractivity contribution in [3.63, 3.8) is 0 Å². The number of aromatic nitrogens is 2. The Kier molecular flexibility index (Phi) is 6.79. The van der Waals surface area contributed by atoms with Crippen LogP contribution in [-0.2, 0) is 11.3 Å². The summed E-state index contributed by atoms with van der Waals surface area (Å²) in [5.41, 5.74) is 1.40. The van der Waals surface area contributed by atoms with Gasteiger partial charge in [-0.05, 0) is 55.8 Å². The molecule has 1 unspecified atom stereocenters. The van der Waals surface area contributed by atoms with Crippen molar-refractivity contribution in [2.45, 2.75) is 39.1 Å². The lowest BCUT2D eigenvalue weighted by Crippen LogP contribution is -2.11. The number of ether oxygens (including phenoxy) is 2. The van der Waals surface area contributed by atoms with Crippen molar-refractivity contribution in [1.29, 1.82) is 0 Å².